The van der Waals surface area contributed by atoms with Crippen molar-refractivity contribution in [2.24, 2.45) is 11.8 Å². The summed E-state index contributed by atoms with van der Waals surface area (Å²) in [7, 11) is 0. The number of Topliss-reactive ketones (excluding diaryl/α,β-unsaturated/α-hetero) is 1. The number of aryl methyl sites for hydroxylation is 1. The van der Waals surface area contributed by atoms with Crippen LogP contribution in [0.15, 0.2) is 4.52 Å². The first-order valence-corrected chi connectivity index (χ1v) is 12.2. The summed E-state index contributed by atoms with van der Waals surface area (Å²) in [5.41, 5.74) is 2.26. The fourth-order valence-corrected chi connectivity index (χ4v) is 6.52. The molecule has 6 nitrogen and oxygen atoms in total. The van der Waals surface area contributed by atoms with Gasteiger partial charge in [0.25, 0.3) is 5.89 Å². The van der Waals surface area contributed by atoms with Gasteiger partial charge in [-0.25, -0.2) is 0 Å². The molecule has 2 atom stereocenters. The third-order valence-electron chi connectivity index (χ3n) is 6.92. The van der Waals surface area contributed by atoms with Crippen molar-refractivity contribution in [3.8, 4) is 11.5 Å². The second-order valence-corrected chi connectivity index (χ2v) is 10.3. The quantitative estimate of drug-likeness (QED) is 0.655. The number of carboxylic acids is 1. The van der Waals surface area contributed by atoms with Crippen LogP contribution in [-0.2, 0) is 28.9 Å². The van der Waals surface area contributed by atoms with Crippen LogP contribution in [0, 0.1) is 11.8 Å². The van der Waals surface area contributed by atoms with Crippen LogP contribution in [-0.4, -0.2) is 27.0 Å². The Labute approximate surface area is 180 Å². The smallest absolute Gasteiger partial charge is 0.307 e. The van der Waals surface area contributed by atoms with E-state index in [-0.39, 0.29) is 18.1 Å². The topological polar surface area (TPSA) is 93.3 Å². The van der Waals surface area contributed by atoms with Gasteiger partial charge in [-0.15, -0.1) is 11.3 Å². The minimum Gasteiger partial charge on any atom is -0.481 e. The zero-order valence-electron chi connectivity index (χ0n) is 17.2. The number of hydrogen-bond donors (Lipinski definition) is 1. The Hall–Kier alpha value is -2.02. The van der Waals surface area contributed by atoms with Gasteiger partial charge >= 0.3 is 5.97 Å². The lowest BCUT2D eigenvalue weighted by Gasteiger charge is -2.27. The molecular weight excluding hydrogens is 400 g/mol. The van der Waals surface area contributed by atoms with Crippen molar-refractivity contribution < 1.29 is 19.2 Å². The van der Waals surface area contributed by atoms with Gasteiger partial charge in [0.1, 0.15) is 5.78 Å². The van der Waals surface area contributed by atoms with Crippen LogP contribution >= 0.6 is 11.3 Å². The van der Waals surface area contributed by atoms with E-state index in [2.05, 4.69) is 5.16 Å². The van der Waals surface area contributed by atoms with E-state index in [1.165, 1.54) is 23.3 Å². The molecule has 0 aliphatic heterocycles. The van der Waals surface area contributed by atoms with Crippen LogP contribution in [0.5, 0.6) is 0 Å². The molecule has 0 unspecified atom stereocenters. The fraction of sp³-hybridized carbons (Fsp3) is 0.652. The Kier molecular flexibility index (Phi) is 5.48. The third-order valence-corrected chi connectivity index (χ3v) is 8.22. The molecule has 7 heteroatoms. The molecule has 160 valence electrons. The summed E-state index contributed by atoms with van der Waals surface area (Å²) in [6.45, 7) is 0. The van der Waals surface area contributed by atoms with E-state index in [0.29, 0.717) is 24.7 Å². The van der Waals surface area contributed by atoms with E-state index in [1.807, 2.05) is 0 Å². The summed E-state index contributed by atoms with van der Waals surface area (Å²) < 4.78 is 5.68. The average molecular weight is 429 g/mol. The second-order valence-electron chi connectivity index (χ2n) is 9.07. The van der Waals surface area contributed by atoms with E-state index in [4.69, 9.17) is 9.51 Å². The van der Waals surface area contributed by atoms with Crippen molar-refractivity contribution in [3.63, 3.8) is 0 Å². The average Bonchev–Trinajstić information content (AvgIpc) is 3.45. The van der Waals surface area contributed by atoms with Gasteiger partial charge in [-0.1, -0.05) is 24.4 Å². The van der Waals surface area contributed by atoms with Crippen molar-refractivity contribution in [3.05, 3.63) is 21.1 Å². The molecule has 0 saturated heterocycles. The predicted molar refractivity (Wildman–Crippen MR) is 113 cm³/mol. The maximum absolute atomic E-state index is 13.2. The fourth-order valence-electron chi connectivity index (χ4n) is 5.12. The molecule has 3 aliphatic carbocycles. The number of hydrogen-bond acceptors (Lipinski definition) is 6. The zero-order chi connectivity index (χ0) is 20.7. The standard InChI is InChI=1S/C23H28N2O4S/c26-17(14-6-4-5-7-15(14)23(27)28)12-19-20(16-8-2-1-3-9-18(16)30-19)22-24-21(25-29-22)13-10-11-13/h13-15H,1-12H2,(H,27,28)/t14-,15+/m0/s1. The van der Waals surface area contributed by atoms with E-state index < -0.39 is 11.9 Å². The van der Waals surface area contributed by atoms with Gasteiger partial charge < -0.3 is 9.63 Å². The number of carbonyl (C=O) groups excluding carboxylic acids is 1. The van der Waals surface area contributed by atoms with Gasteiger partial charge in [-0.3, -0.25) is 9.59 Å². The normalized spacial score (nSPS) is 24.3. The van der Waals surface area contributed by atoms with Crippen molar-refractivity contribution in [1.82, 2.24) is 10.1 Å². The highest BCUT2D eigenvalue weighted by Gasteiger charge is 2.37. The van der Waals surface area contributed by atoms with Crippen LogP contribution in [0.25, 0.3) is 11.5 Å². The molecule has 1 N–H and O–H groups in total. The van der Waals surface area contributed by atoms with Crippen LogP contribution in [0.3, 0.4) is 0 Å². The molecule has 2 saturated carbocycles. The van der Waals surface area contributed by atoms with E-state index in [1.54, 1.807) is 11.3 Å². The number of aromatic nitrogens is 2. The third kappa shape index (κ3) is 3.84. The van der Waals surface area contributed by atoms with Gasteiger partial charge in [0.05, 0.1) is 11.5 Å². The first-order valence-electron chi connectivity index (χ1n) is 11.3. The summed E-state index contributed by atoms with van der Waals surface area (Å²) in [5.74, 6) is 0.0611. The van der Waals surface area contributed by atoms with E-state index in [0.717, 1.165) is 61.2 Å². The number of carbonyl (C=O) groups is 2. The van der Waals surface area contributed by atoms with Crippen molar-refractivity contribution in [2.45, 2.75) is 83.0 Å². The van der Waals surface area contributed by atoms with Crippen molar-refractivity contribution in [1.29, 1.82) is 0 Å². The summed E-state index contributed by atoms with van der Waals surface area (Å²) in [4.78, 5) is 32.0. The molecule has 5 rings (SSSR count). The van der Waals surface area contributed by atoms with Gasteiger partial charge in [-0.05, 0) is 56.9 Å². The number of carboxylic acid groups (broad SMARTS) is 1. The summed E-state index contributed by atoms with van der Waals surface area (Å²) >= 11 is 1.71. The highest BCUT2D eigenvalue weighted by Crippen LogP contribution is 2.43. The first kappa shape index (κ1) is 19.9. The lowest BCUT2D eigenvalue weighted by Crippen LogP contribution is -2.33. The minimum absolute atomic E-state index is 0.0571. The molecule has 2 heterocycles. The van der Waals surface area contributed by atoms with Crippen LogP contribution < -0.4 is 0 Å². The number of rotatable bonds is 6. The molecule has 0 amide bonds. The largest absolute Gasteiger partial charge is 0.481 e. The van der Waals surface area contributed by atoms with Crippen molar-refractivity contribution in [2.75, 3.05) is 0 Å². The Morgan fingerprint density at radius 3 is 2.53 bits per heavy atom. The van der Waals surface area contributed by atoms with Crippen LogP contribution in [0.1, 0.15) is 84.8 Å². The van der Waals surface area contributed by atoms with Gasteiger partial charge in [-0.2, -0.15) is 4.98 Å². The minimum atomic E-state index is -0.832. The lowest BCUT2D eigenvalue weighted by molar-refractivity contribution is -0.148. The Morgan fingerprint density at radius 1 is 1.00 bits per heavy atom. The number of fused-ring (bicyclic) bond motifs is 1. The molecule has 30 heavy (non-hydrogen) atoms. The Balaban J connectivity index is 1.47. The molecule has 3 aliphatic rings. The van der Waals surface area contributed by atoms with Gasteiger partial charge in [0, 0.05) is 28.0 Å². The molecule has 2 aromatic heterocycles. The molecule has 2 aromatic rings. The monoisotopic (exact) mass is 428 g/mol. The summed E-state index contributed by atoms with van der Waals surface area (Å²) in [6.07, 6.45) is 11.2. The number of thiophene rings is 1. The molecule has 2 fully saturated rings. The second kappa shape index (κ2) is 8.25. The maximum Gasteiger partial charge on any atom is 0.307 e. The first-order chi connectivity index (χ1) is 14.6. The van der Waals surface area contributed by atoms with E-state index >= 15 is 0 Å². The highest BCUT2D eigenvalue weighted by molar-refractivity contribution is 7.12. The zero-order valence-corrected chi connectivity index (χ0v) is 18.0. The summed E-state index contributed by atoms with van der Waals surface area (Å²) in [5, 5.41) is 13.8. The number of ketones is 1. The lowest BCUT2D eigenvalue weighted by atomic mass is 9.76. The highest BCUT2D eigenvalue weighted by atomic mass is 32.1. The van der Waals surface area contributed by atoms with E-state index in [9.17, 15) is 14.7 Å². The molecular formula is C23H28N2O4S. The van der Waals surface area contributed by atoms with Crippen molar-refractivity contribution >= 4 is 23.1 Å². The number of aliphatic carboxylic acids is 1. The van der Waals surface area contributed by atoms with Gasteiger partial charge in [0.2, 0.25) is 0 Å². The Bertz CT molecular complexity index is 959. The van der Waals surface area contributed by atoms with Gasteiger partial charge in [0.15, 0.2) is 5.82 Å². The van der Waals surface area contributed by atoms with Crippen LogP contribution in [0.4, 0.5) is 0 Å². The SMILES string of the molecule is O=C(Cc1sc2c(c1-c1nc(C3CC3)no1)CCCCC2)[C@H]1CCCC[C@H]1C(=O)O. The molecule has 0 aromatic carbocycles. The summed E-state index contributed by atoms with van der Waals surface area (Å²) in [6, 6.07) is 0. The molecule has 0 spiro atoms. The maximum atomic E-state index is 13.2. The predicted octanol–water partition coefficient (Wildman–Crippen LogP) is 4.95. The molecule has 0 radical (unpaired) electrons. The Morgan fingerprint density at radius 2 is 1.77 bits per heavy atom. The number of nitrogens with zero attached hydrogens (tertiary/aromatic N) is 2. The van der Waals surface area contributed by atoms with Crippen LogP contribution in [0.2, 0.25) is 0 Å². The molecule has 0 bridgehead atoms.